The third-order valence-corrected chi connectivity index (χ3v) is 3.74. The Kier molecular flexibility index (Phi) is 3.92. The smallest absolute Gasteiger partial charge is 0.306 e. The van der Waals surface area contributed by atoms with E-state index in [1.54, 1.807) is 33.3 Å². The molecule has 6 nitrogen and oxygen atoms in total. The van der Waals surface area contributed by atoms with Crippen LogP contribution in [0.25, 0.3) is 0 Å². The van der Waals surface area contributed by atoms with Gasteiger partial charge in [0.1, 0.15) is 5.69 Å². The van der Waals surface area contributed by atoms with Gasteiger partial charge in [0.15, 0.2) is 0 Å². The predicted molar refractivity (Wildman–Crippen MR) is 74.8 cm³/mol. The Morgan fingerprint density at radius 1 is 1.45 bits per heavy atom. The summed E-state index contributed by atoms with van der Waals surface area (Å²) in [5.41, 5.74) is 1.32. The van der Waals surface area contributed by atoms with Crippen molar-refractivity contribution in [2.45, 2.75) is 6.92 Å². The molecule has 1 saturated heterocycles. The van der Waals surface area contributed by atoms with Gasteiger partial charge in [-0.3, -0.25) is 14.6 Å². The Labute approximate surface area is 118 Å². The third kappa shape index (κ3) is 2.74. The van der Waals surface area contributed by atoms with Crippen LogP contribution >= 0.6 is 0 Å². The van der Waals surface area contributed by atoms with E-state index in [4.69, 9.17) is 5.11 Å². The van der Waals surface area contributed by atoms with Gasteiger partial charge in [0.25, 0.3) is 5.91 Å². The van der Waals surface area contributed by atoms with Gasteiger partial charge in [0.2, 0.25) is 0 Å². The second kappa shape index (κ2) is 5.48. The summed E-state index contributed by atoms with van der Waals surface area (Å²) in [5, 5.41) is 8.97. The van der Waals surface area contributed by atoms with Crippen molar-refractivity contribution in [3.05, 3.63) is 24.0 Å². The van der Waals surface area contributed by atoms with E-state index >= 15 is 0 Å². The first kappa shape index (κ1) is 14.3. The lowest BCUT2D eigenvalue weighted by Crippen LogP contribution is -2.51. The van der Waals surface area contributed by atoms with Crippen LogP contribution in [-0.2, 0) is 4.79 Å². The van der Waals surface area contributed by atoms with Crippen LogP contribution in [0.4, 0.5) is 5.69 Å². The van der Waals surface area contributed by atoms with Crippen molar-refractivity contribution in [3.8, 4) is 0 Å². The highest BCUT2D eigenvalue weighted by atomic mass is 16.4. The first-order chi connectivity index (χ1) is 9.40. The van der Waals surface area contributed by atoms with Gasteiger partial charge in [-0.15, -0.1) is 0 Å². The molecule has 1 atom stereocenters. The zero-order valence-electron chi connectivity index (χ0n) is 11.9. The molecule has 2 rings (SSSR count). The van der Waals surface area contributed by atoms with Crippen molar-refractivity contribution in [1.29, 1.82) is 0 Å². The number of rotatable bonds is 4. The summed E-state index contributed by atoms with van der Waals surface area (Å²) in [4.78, 5) is 30.4. The van der Waals surface area contributed by atoms with E-state index in [0.29, 0.717) is 18.8 Å². The maximum Gasteiger partial charge on any atom is 0.306 e. The highest BCUT2D eigenvalue weighted by Gasteiger charge is 2.34. The minimum atomic E-state index is -0.757. The number of hydrogen-bond acceptors (Lipinski definition) is 4. The van der Waals surface area contributed by atoms with Gasteiger partial charge in [-0.2, -0.15) is 0 Å². The Morgan fingerprint density at radius 2 is 2.10 bits per heavy atom. The summed E-state index contributed by atoms with van der Waals surface area (Å²) in [7, 11) is 3.37. The molecule has 6 heteroatoms. The van der Waals surface area contributed by atoms with Crippen molar-refractivity contribution < 1.29 is 14.7 Å². The molecule has 1 aliphatic rings. The Morgan fingerprint density at radius 3 is 2.65 bits per heavy atom. The van der Waals surface area contributed by atoms with Crippen LogP contribution in [0, 0.1) is 11.8 Å². The summed E-state index contributed by atoms with van der Waals surface area (Å²) in [6.07, 6.45) is 1.61. The molecule has 0 radical (unpaired) electrons. The molecule has 0 aromatic carbocycles. The zero-order chi connectivity index (χ0) is 14.9. The summed E-state index contributed by atoms with van der Waals surface area (Å²) >= 11 is 0. The maximum atomic E-state index is 11.9. The minimum absolute atomic E-state index is 0.136. The van der Waals surface area contributed by atoms with Crippen molar-refractivity contribution in [2.75, 3.05) is 32.1 Å². The van der Waals surface area contributed by atoms with Crippen LogP contribution in [-0.4, -0.2) is 54.1 Å². The number of carboxylic acids is 1. The second-order valence-corrected chi connectivity index (χ2v) is 5.39. The van der Waals surface area contributed by atoms with E-state index < -0.39 is 5.97 Å². The van der Waals surface area contributed by atoms with E-state index in [1.807, 2.05) is 6.07 Å². The lowest BCUT2D eigenvalue weighted by atomic mass is 9.87. The van der Waals surface area contributed by atoms with Crippen molar-refractivity contribution in [3.63, 3.8) is 0 Å². The monoisotopic (exact) mass is 277 g/mol. The fourth-order valence-electron chi connectivity index (χ4n) is 2.20. The average molecular weight is 277 g/mol. The molecular weight excluding hydrogens is 258 g/mol. The van der Waals surface area contributed by atoms with Gasteiger partial charge < -0.3 is 14.9 Å². The standard InChI is InChI=1S/C14H19N3O3/c1-9(14(19)20)10-7-17(8-10)11-4-5-15-12(6-11)13(18)16(2)3/h4-6,9-10H,7-8H2,1-3H3,(H,19,20). The van der Waals surface area contributed by atoms with Gasteiger partial charge in [-0.25, -0.2) is 0 Å². The number of carbonyl (C=O) groups is 2. The molecule has 108 valence electrons. The van der Waals surface area contributed by atoms with Gasteiger partial charge in [-0.05, 0) is 12.1 Å². The number of carboxylic acid groups (broad SMARTS) is 1. The molecule has 1 aromatic heterocycles. The number of carbonyl (C=O) groups excluding carboxylic acids is 1. The minimum Gasteiger partial charge on any atom is -0.481 e. The van der Waals surface area contributed by atoms with E-state index in [-0.39, 0.29) is 17.7 Å². The lowest BCUT2D eigenvalue weighted by molar-refractivity contribution is -0.143. The maximum absolute atomic E-state index is 11.9. The first-order valence-corrected chi connectivity index (χ1v) is 6.55. The predicted octanol–water partition coefficient (Wildman–Crippen LogP) is 0.940. The van der Waals surface area contributed by atoms with Gasteiger partial charge in [-0.1, -0.05) is 6.92 Å². The Hall–Kier alpha value is -2.11. The fraction of sp³-hybridized carbons (Fsp3) is 0.500. The molecule has 20 heavy (non-hydrogen) atoms. The molecule has 0 spiro atoms. The molecule has 1 fully saturated rings. The molecule has 2 heterocycles. The van der Waals surface area contributed by atoms with Gasteiger partial charge in [0, 0.05) is 45.0 Å². The molecule has 0 bridgehead atoms. The van der Waals surface area contributed by atoms with Crippen LogP contribution in [0.5, 0.6) is 0 Å². The number of nitrogens with zero attached hydrogens (tertiary/aromatic N) is 3. The second-order valence-electron chi connectivity index (χ2n) is 5.39. The number of anilines is 1. The van der Waals surface area contributed by atoms with Crippen LogP contribution in [0.2, 0.25) is 0 Å². The topological polar surface area (TPSA) is 73.7 Å². The molecule has 1 amide bonds. The zero-order valence-corrected chi connectivity index (χ0v) is 11.9. The number of aliphatic carboxylic acids is 1. The number of aromatic nitrogens is 1. The van der Waals surface area contributed by atoms with Crippen molar-refractivity contribution in [1.82, 2.24) is 9.88 Å². The molecule has 1 aliphatic heterocycles. The quantitative estimate of drug-likeness (QED) is 0.886. The summed E-state index contributed by atoms with van der Waals surface area (Å²) < 4.78 is 0. The summed E-state index contributed by atoms with van der Waals surface area (Å²) in [5.74, 6) is -1.07. The van der Waals surface area contributed by atoms with Crippen LogP contribution in [0.15, 0.2) is 18.3 Å². The average Bonchev–Trinajstić information content (AvgIpc) is 2.36. The SMILES string of the molecule is CC(C(=O)O)C1CN(c2ccnc(C(=O)N(C)C)c2)C1. The first-order valence-electron chi connectivity index (χ1n) is 6.55. The van der Waals surface area contributed by atoms with Gasteiger partial charge in [0.05, 0.1) is 5.92 Å². The molecule has 1 N–H and O–H groups in total. The molecule has 0 saturated carbocycles. The van der Waals surface area contributed by atoms with E-state index in [2.05, 4.69) is 9.88 Å². The summed E-state index contributed by atoms with van der Waals surface area (Å²) in [6, 6.07) is 3.60. The van der Waals surface area contributed by atoms with Crippen LogP contribution < -0.4 is 4.90 Å². The van der Waals surface area contributed by atoms with Gasteiger partial charge >= 0.3 is 5.97 Å². The number of pyridine rings is 1. The molecule has 0 aliphatic carbocycles. The Balaban J connectivity index is 2.04. The fourth-order valence-corrected chi connectivity index (χ4v) is 2.20. The van der Waals surface area contributed by atoms with Crippen LogP contribution in [0.1, 0.15) is 17.4 Å². The van der Waals surface area contributed by atoms with E-state index in [1.165, 1.54) is 4.90 Å². The van der Waals surface area contributed by atoms with E-state index in [9.17, 15) is 9.59 Å². The van der Waals surface area contributed by atoms with Crippen molar-refractivity contribution in [2.24, 2.45) is 11.8 Å². The van der Waals surface area contributed by atoms with Crippen molar-refractivity contribution >= 4 is 17.6 Å². The lowest BCUT2D eigenvalue weighted by Gasteiger charge is -2.43. The molecule has 1 aromatic rings. The van der Waals surface area contributed by atoms with E-state index in [0.717, 1.165) is 5.69 Å². The number of amides is 1. The highest BCUT2D eigenvalue weighted by molar-refractivity contribution is 5.92. The molecular formula is C14H19N3O3. The third-order valence-electron chi connectivity index (χ3n) is 3.74. The highest BCUT2D eigenvalue weighted by Crippen LogP contribution is 2.29. The van der Waals surface area contributed by atoms with Crippen LogP contribution in [0.3, 0.4) is 0 Å². The normalized spacial score (nSPS) is 16.4. The summed E-state index contributed by atoms with van der Waals surface area (Å²) in [6.45, 7) is 3.14. The Bertz CT molecular complexity index is 524. The number of hydrogen-bond donors (Lipinski definition) is 1. The largest absolute Gasteiger partial charge is 0.481 e. The molecule has 1 unspecified atom stereocenters.